The van der Waals surface area contributed by atoms with E-state index in [0.717, 1.165) is 44.4 Å². The number of rotatable bonds is 27. The van der Waals surface area contributed by atoms with Crippen LogP contribution in [0.2, 0.25) is 0 Å². The highest BCUT2D eigenvalue weighted by atomic mass is 35.5. The molecule has 6 nitrogen and oxygen atoms in total. The summed E-state index contributed by atoms with van der Waals surface area (Å²) in [6, 6.07) is 3.60. The molecule has 244 valence electrons. The molecule has 0 saturated carbocycles. The second-order valence-corrected chi connectivity index (χ2v) is 13.0. The first-order chi connectivity index (χ1) is 20.2. The number of halogens is 1. The molecule has 42 heavy (non-hydrogen) atoms. The van der Waals surface area contributed by atoms with Gasteiger partial charge in [-0.3, -0.25) is 4.79 Å². The van der Waals surface area contributed by atoms with Crippen molar-refractivity contribution in [2.24, 2.45) is 17.8 Å². The highest BCUT2D eigenvalue weighted by Crippen LogP contribution is 2.39. The minimum Gasteiger partial charge on any atom is -0.490 e. The number of ether oxygens (including phenoxy) is 4. The van der Waals surface area contributed by atoms with Gasteiger partial charge in [-0.05, 0) is 49.1 Å². The highest BCUT2D eigenvalue weighted by molar-refractivity contribution is 6.17. The summed E-state index contributed by atoms with van der Waals surface area (Å²) in [7, 11) is 0. The molecule has 0 aliphatic carbocycles. The molecule has 0 radical (unpaired) electrons. The minimum atomic E-state index is -0.187. The molecule has 0 unspecified atom stereocenters. The Morgan fingerprint density at radius 3 is 1.52 bits per heavy atom. The smallest absolute Gasteiger partial charge is 0.251 e. The maximum atomic E-state index is 13.1. The molecule has 1 amide bonds. The Morgan fingerprint density at radius 2 is 1.10 bits per heavy atom. The van der Waals surface area contributed by atoms with Gasteiger partial charge in [0.1, 0.15) is 0 Å². The fraction of sp³-hybridized carbons (Fsp3) is 0.800. The molecule has 1 rings (SSSR count). The molecule has 0 aromatic heterocycles. The molecule has 0 aliphatic heterocycles. The largest absolute Gasteiger partial charge is 0.490 e. The van der Waals surface area contributed by atoms with Crippen LogP contribution in [0.3, 0.4) is 0 Å². The summed E-state index contributed by atoms with van der Waals surface area (Å²) in [5.41, 5.74) is 0.501. The van der Waals surface area contributed by atoms with Crippen molar-refractivity contribution in [3.63, 3.8) is 0 Å². The van der Waals surface area contributed by atoms with Crippen LogP contribution in [0.25, 0.3) is 0 Å². The lowest BCUT2D eigenvalue weighted by Crippen LogP contribution is -2.27. The normalized spacial score (nSPS) is 11.5. The van der Waals surface area contributed by atoms with E-state index in [1.807, 2.05) is 0 Å². The number of hydrogen-bond donors (Lipinski definition) is 1. The third-order valence-corrected chi connectivity index (χ3v) is 7.23. The quantitative estimate of drug-likeness (QED) is 0.0792. The van der Waals surface area contributed by atoms with Gasteiger partial charge in [0, 0.05) is 18.0 Å². The zero-order valence-electron chi connectivity index (χ0n) is 27.7. The van der Waals surface area contributed by atoms with E-state index in [1.54, 1.807) is 12.1 Å². The van der Waals surface area contributed by atoms with Crippen molar-refractivity contribution in [3.8, 4) is 17.2 Å². The maximum absolute atomic E-state index is 13.1. The number of hydrogen-bond acceptors (Lipinski definition) is 5. The SMILES string of the molecule is CC(C)CCCCCOc1cc(C(=O)NCCOCCCl)cc(OCCCCCC(C)C)c1OCCCCCC(C)C. The van der Waals surface area contributed by atoms with E-state index >= 15 is 0 Å². The van der Waals surface area contributed by atoms with Gasteiger partial charge >= 0.3 is 0 Å². The lowest BCUT2D eigenvalue weighted by molar-refractivity contribution is 0.0922. The van der Waals surface area contributed by atoms with Crippen LogP contribution in [0.15, 0.2) is 12.1 Å². The summed E-state index contributed by atoms with van der Waals surface area (Å²) in [6.07, 6.45) is 13.5. The van der Waals surface area contributed by atoms with Gasteiger partial charge in [0.2, 0.25) is 5.75 Å². The van der Waals surface area contributed by atoms with E-state index in [2.05, 4.69) is 46.9 Å². The van der Waals surface area contributed by atoms with E-state index in [4.69, 9.17) is 30.5 Å². The van der Waals surface area contributed by atoms with Gasteiger partial charge in [0.05, 0.1) is 33.0 Å². The van der Waals surface area contributed by atoms with E-state index in [1.165, 1.54) is 38.5 Å². The van der Waals surface area contributed by atoms with Gasteiger partial charge in [-0.1, -0.05) is 99.3 Å². The van der Waals surface area contributed by atoms with Gasteiger partial charge in [-0.25, -0.2) is 0 Å². The van der Waals surface area contributed by atoms with E-state index < -0.39 is 0 Å². The van der Waals surface area contributed by atoms with Crippen molar-refractivity contribution >= 4 is 17.5 Å². The number of nitrogens with one attached hydrogen (secondary N) is 1. The Labute approximate surface area is 262 Å². The van der Waals surface area contributed by atoms with Gasteiger partial charge in [0.25, 0.3) is 5.91 Å². The maximum Gasteiger partial charge on any atom is 0.251 e. The fourth-order valence-electron chi connectivity index (χ4n) is 4.59. The summed E-state index contributed by atoms with van der Waals surface area (Å²) in [5, 5.41) is 2.94. The molecule has 1 aromatic rings. The molecular weight excluding hydrogens is 550 g/mol. The van der Waals surface area contributed by atoms with Gasteiger partial charge in [0.15, 0.2) is 11.5 Å². The molecule has 0 bridgehead atoms. The molecule has 0 atom stereocenters. The Balaban J connectivity index is 3.01. The average Bonchev–Trinajstić information content (AvgIpc) is 2.94. The van der Waals surface area contributed by atoms with Crippen molar-refractivity contribution in [3.05, 3.63) is 17.7 Å². The molecule has 1 aromatic carbocycles. The number of unbranched alkanes of at least 4 members (excludes halogenated alkanes) is 6. The molecule has 7 heteroatoms. The zero-order valence-corrected chi connectivity index (χ0v) is 28.5. The summed E-state index contributed by atoms with van der Waals surface area (Å²) in [6.45, 7) is 16.6. The van der Waals surface area contributed by atoms with E-state index in [0.29, 0.717) is 80.1 Å². The van der Waals surface area contributed by atoms with Crippen molar-refractivity contribution < 1.29 is 23.7 Å². The number of benzene rings is 1. The molecule has 1 N–H and O–H groups in total. The fourth-order valence-corrected chi connectivity index (χ4v) is 4.70. The molecule has 0 heterocycles. The predicted molar refractivity (Wildman–Crippen MR) is 177 cm³/mol. The van der Waals surface area contributed by atoms with Crippen LogP contribution in [0.1, 0.15) is 129 Å². The van der Waals surface area contributed by atoms with E-state index in [-0.39, 0.29) is 5.91 Å². The minimum absolute atomic E-state index is 0.187. The van der Waals surface area contributed by atoms with Crippen molar-refractivity contribution in [2.45, 2.75) is 119 Å². The standard InChI is InChI=1S/C35H62ClNO5/c1-28(2)16-10-7-13-21-40-32-26-31(35(38)37-20-25-39-24-19-36)27-33(41-22-14-8-11-17-29(3)4)34(32)42-23-15-9-12-18-30(5)6/h26-30H,7-25H2,1-6H3,(H,37,38). The lowest BCUT2D eigenvalue weighted by atomic mass is 10.1. The molecule has 0 fully saturated rings. The Hall–Kier alpha value is -1.66. The Kier molecular flexibility index (Phi) is 22.6. The number of amides is 1. The van der Waals surface area contributed by atoms with Crippen LogP contribution in [0, 0.1) is 17.8 Å². The monoisotopic (exact) mass is 611 g/mol. The molecular formula is C35H62ClNO5. The highest BCUT2D eigenvalue weighted by Gasteiger charge is 2.19. The predicted octanol–water partition coefficient (Wildman–Crippen LogP) is 9.46. The van der Waals surface area contributed by atoms with Crippen LogP contribution in [-0.4, -0.2) is 51.4 Å². The first-order valence-electron chi connectivity index (χ1n) is 16.7. The number of alkyl halides is 1. The van der Waals surface area contributed by atoms with Crippen LogP contribution in [0.5, 0.6) is 17.2 Å². The van der Waals surface area contributed by atoms with Crippen LogP contribution < -0.4 is 19.5 Å². The first-order valence-corrected chi connectivity index (χ1v) is 17.3. The van der Waals surface area contributed by atoms with Crippen LogP contribution in [0.4, 0.5) is 0 Å². The number of carbonyl (C=O) groups is 1. The van der Waals surface area contributed by atoms with Crippen LogP contribution in [-0.2, 0) is 4.74 Å². The second kappa shape index (κ2) is 24.7. The van der Waals surface area contributed by atoms with E-state index in [9.17, 15) is 4.79 Å². The van der Waals surface area contributed by atoms with Crippen molar-refractivity contribution in [1.82, 2.24) is 5.32 Å². The third kappa shape index (κ3) is 19.5. The Morgan fingerprint density at radius 1 is 0.643 bits per heavy atom. The molecule has 0 spiro atoms. The number of carbonyl (C=O) groups excluding carboxylic acids is 1. The van der Waals surface area contributed by atoms with Gasteiger partial charge in [-0.15, -0.1) is 11.6 Å². The summed E-state index contributed by atoms with van der Waals surface area (Å²) in [4.78, 5) is 13.1. The van der Waals surface area contributed by atoms with Crippen molar-refractivity contribution in [1.29, 1.82) is 0 Å². The van der Waals surface area contributed by atoms with Crippen molar-refractivity contribution in [2.75, 3.05) is 45.5 Å². The van der Waals surface area contributed by atoms with Gasteiger partial charge in [-0.2, -0.15) is 0 Å². The lowest BCUT2D eigenvalue weighted by Gasteiger charge is -2.19. The molecule has 0 aliphatic rings. The Bertz CT molecular complexity index is 774. The summed E-state index contributed by atoms with van der Waals surface area (Å²) in [5.74, 6) is 4.18. The first kappa shape index (κ1) is 38.4. The zero-order chi connectivity index (χ0) is 31.0. The third-order valence-electron chi connectivity index (χ3n) is 7.08. The average molecular weight is 612 g/mol. The summed E-state index contributed by atoms with van der Waals surface area (Å²) >= 11 is 5.68. The van der Waals surface area contributed by atoms with Crippen LogP contribution >= 0.6 is 11.6 Å². The molecule has 0 saturated heterocycles. The summed E-state index contributed by atoms with van der Waals surface area (Å²) < 4.78 is 24.3. The second-order valence-electron chi connectivity index (χ2n) is 12.6. The topological polar surface area (TPSA) is 66.0 Å². The van der Waals surface area contributed by atoms with Gasteiger partial charge < -0.3 is 24.3 Å².